The first-order valence-electron chi connectivity index (χ1n) is 7.06. The molecule has 2 aromatic rings. The van der Waals surface area contributed by atoms with Gasteiger partial charge in [-0.2, -0.15) is 0 Å². The van der Waals surface area contributed by atoms with Gasteiger partial charge < -0.3 is 5.32 Å². The van der Waals surface area contributed by atoms with Gasteiger partial charge in [0.25, 0.3) is 0 Å². The maximum Gasteiger partial charge on any atom is 0.135 e. The van der Waals surface area contributed by atoms with Crippen LogP contribution < -0.4 is 5.32 Å². The highest BCUT2D eigenvalue weighted by Gasteiger charge is 2.05. The zero-order valence-corrected chi connectivity index (χ0v) is 13.6. The molecule has 0 radical (unpaired) electrons. The number of hydrogen-bond donors (Lipinski definition) is 1. The van der Waals surface area contributed by atoms with Gasteiger partial charge in [0.1, 0.15) is 11.6 Å². The van der Waals surface area contributed by atoms with Gasteiger partial charge in [-0.1, -0.05) is 41.4 Å². The number of aryl methyl sites for hydroxylation is 1. The average molecular weight is 334 g/mol. The Balaban J connectivity index is 2.25. The Morgan fingerprint density at radius 2 is 2.00 bits per heavy atom. The molecule has 0 aliphatic heterocycles. The Labute approximate surface area is 129 Å². The monoisotopic (exact) mass is 333 g/mol. The SMILES string of the molecule is CCCc1cc(NCC)nc(Cc2cccc(Br)c2)n1. The molecular weight excluding hydrogens is 314 g/mol. The Kier molecular flexibility index (Phi) is 5.53. The molecule has 1 heterocycles. The summed E-state index contributed by atoms with van der Waals surface area (Å²) in [7, 11) is 0. The molecule has 0 unspecified atom stereocenters. The van der Waals surface area contributed by atoms with Gasteiger partial charge in [-0.25, -0.2) is 9.97 Å². The van der Waals surface area contributed by atoms with Crippen molar-refractivity contribution in [3.05, 3.63) is 51.9 Å². The third-order valence-corrected chi connectivity index (χ3v) is 3.43. The van der Waals surface area contributed by atoms with E-state index in [9.17, 15) is 0 Å². The highest BCUT2D eigenvalue weighted by Crippen LogP contribution is 2.16. The lowest BCUT2D eigenvalue weighted by atomic mass is 10.1. The molecule has 0 aliphatic carbocycles. The third kappa shape index (κ3) is 4.30. The summed E-state index contributed by atoms with van der Waals surface area (Å²) in [5.74, 6) is 1.81. The van der Waals surface area contributed by atoms with Crippen LogP contribution in [0.1, 0.15) is 37.4 Å². The van der Waals surface area contributed by atoms with Gasteiger partial charge in [-0.15, -0.1) is 0 Å². The third-order valence-electron chi connectivity index (χ3n) is 2.94. The number of nitrogens with zero attached hydrogens (tertiary/aromatic N) is 2. The molecule has 0 amide bonds. The van der Waals surface area contributed by atoms with Crippen LogP contribution in [0.2, 0.25) is 0 Å². The molecule has 0 aliphatic rings. The number of hydrogen-bond acceptors (Lipinski definition) is 3. The standard InChI is InChI=1S/C16H20BrN3/c1-3-6-14-11-15(18-4-2)20-16(19-14)10-12-7-5-8-13(17)9-12/h5,7-9,11H,3-4,6,10H2,1-2H3,(H,18,19,20). The number of halogens is 1. The molecular formula is C16H20BrN3. The Hall–Kier alpha value is -1.42. The first-order valence-corrected chi connectivity index (χ1v) is 7.85. The van der Waals surface area contributed by atoms with Crippen molar-refractivity contribution in [3.8, 4) is 0 Å². The number of aromatic nitrogens is 2. The van der Waals surface area contributed by atoms with E-state index in [-0.39, 0.29) is 0 Å². The summed E-state index contributed by atoms with van der Waals surface area (Å²) >= 11 is 3.50. The average Bonchev–Trinajstić information content (AvgIpc) is 2.39. The molecule has 0 spiro atoms. The molecule has 2 rings (SSSR count). The minimum absolute atomic E-state index is 0.759. The van der Waals surface area contributed by atoms with Crippen LogP contribution in [-0.4, -0.2) is 16.5 Å². The molecule has 0 saturated carbocycles. The predicted molar refractivity (Wildman–Crippen MR) is 87.1 cm³/mol. The van der Waals surface area contributed by atoms with Crippen molar-refractivity contribution < 1.29 is 0 Å². The van der Waals surface area contributed by atoms with Crippen LogP contribution in [0.5, 0.6) is 0 Å². The Bertz CT molecular complexity index is 545. The number of rotatable bonds is 6. The fourth-order valence-electron chi connectivity index (χ4n) is 2.12. The minimum Gasteiger partial charge on any atom is -0.370 e. The zero-order chi connectivity index (χ0) is 14.4. The summed E-state index contributed by atoms with van der Waals surface area (Å²) in [4.78, 5) is 9.26. The molecule has 0 bridgehead atoms. The highest BCUT2D eigenvalue weighted by molar-refractivity contribution is 9.10. The second-order valence-electron chi connectivity index (χ2n) is 4.75. The molecule has 1 aromatic carbocycles. The molecule has 0 fully saturated rings. The molecule has 1 aromatic heterocycles. The minimum atomic E-state index is 0.759. The smallest absolute Gasteiger partial charge is 0.135 e. The van der Waals surface area contributed by atoms with Gasteiger partial charge in [0.05, 0.1) is 0 Å². The molecule has 4 heteroatoms. The highest BCUT2D eigenvalue weighted by atomic mass is 79.9. The van der Waals surface area contributed by atoms with E-state index in [1.54, 1.807) is 0 Å². The van der Waals surface area contributed by atoms with Crippen molar-refractivity contribution in [2.45, 2.75) is 33.1 Å². The van der Waals surface area contributed by atoms with Crippen molar-refractivity contribution in [1.29, 1.82) is 0 Å². The largest absolute Gasteiger partial charge is 0.370 e. The van der Waals surface area contributed by atoms with Crippen molar-refractivity contribution in [3.63, 3.8) is 0 Å². The van der Waals surface area contributed by atoms with E-state index >= 15 is 0 Å². The maximum absolute atomic E-state index is 4.66. The fraction of sp³-hybridized carbons (Fsp3) is 0.375. The van der Waals surface area contributed by atoms with Crippen LogP contribution in [0.15, 0.2) is 34.8 Å². The normalized spacial score (nSPS) is 10.6. The summed E-state index contributed by atoms with van der Waals surface area (Å²) in [6, 6.07) is 10.3. The van der Waals surface area contributed by atoms with Crippen LogP contribution in [0.4, 0.5) is 5.82 Å². The molecule has 20 heavy (non-hydrogen) atoms. The van der Waals surface area contributed by atoms with Gasteiger partial charge in [0.15, 0.2) is 0 Å². The van der Waals surface area contributed by atoms with Crippen molar-refractivity contribution in [1.82, 2.24) is 9.97 Å². The Morgan fingerprint density at radius 3 is 2.70 bits per heavy atom. The fourth-order valence-corrected chi connectivity index (χ4v) is 2.56. The van der Waals surface area contributed by atoms with E-state index < -0.39 is 0 Å². The number of anilines is 1. The predicted octanol–water partition coefficient (Wildman–Crippen LogP) is 4.21. The topological polar surface area (TPSA) is 37.8 Å². The molecule has 3 nitrogen and oxygen atoms in total. The van der Waals surface area contributed by atoms with Crippen molar-refractivity contribution in [2.75, 3.05) is 11.9 Å². The second-order valence-corrected chi connectivity index (χ2v) is 5.66. The van der Waals surface area contributed by atoms with E-state index in [1.165, 1.54) is 5.56 Å². The first-order chi connectivity index (χ1) is 9.71. The molecule has 1 N–H and O–H groups in total. The van der Waals surface area contributed by atoms with Gasteiger partial charge in [0, 0.05) is 29.2 Å². The summed E-state index contributed by atoms with van der Waals surface area (Å²) in [6.45, 7) is 5.12. The van der Waals surface area contributed by atoms with E-state index in [1.807, 2.05) is 12.1 Å². The summed E-state index contributed by atoms with van der Waals surface area (Å²) < 4.78 is 1.09. The van der Waals surface area contributed by atoms with Crippen molar-refractivity contribution >= 4 is 21.7 Å². The lowest BCUT2D eigenvalue weighted by Gasteiger charge is -2.09. The molecule has 0 atom stereocenters. The summed E-state index contributed by atoms with van der Waals surface area (Å²) in [6.07, 6.45) is 2.85. The quantitative estimate of drug-likeness (QED) is 0.860. The lowest BCUT2D eigenvalue weighted by Crippen LogP contribution is -2.06. The van der Waals surface area contributed by atoms with Crippen molar-refractivity contribution in [2.24, 2.45) is 0 Å². The van der Waals surface area contributed by atoms with Crippen LogP contribution in [-0.2, 0) is 12.8 Å². The van der Waals surface area contributed by atoms with E-state index in [2.05, 4.69) is 63.3 Å². The van der Waals surface area contributed by atoms with Gasteiger partial charge in [0.2, 0.25) is 0 Å². The summed E-state index contributed by atoms with van der Waals surface area (Å²) in [5, 5.41) is 3.28. The van der Waals surface area contributed by atoms with Crippen LogP contribution in [0.3, 0.4) is 0 Å². The summed E-state index contributed by atoms with van der Waals surface area (Å²) in [5.41, 5.74) is 2.33. The number of nitrogens with one attached hydrogen (secondary N) is 1. The number of benzene rings is 1. The maximum atomic E-state index is 4.66. The van der Waals surface area contributed by atoms with E-state index in [0.29, 0.717) is 0 Å². The second kappa shape index (κ2) is 7.39. The van der Waals surface area contributed by atoms with Crippen LogP contribution >= 0.6 is 15.9 Å². The van der Waals surface area contributed by atoms with Gasteiger partial charge in [-0.3, -0.25) is 0 Å². The zero-order valence-electron chi connectivity index (χ0n) is 12.0. The van der Waals surface area contributed by atoms with E-state index in [4.69, 9.17) is 0 Å². The van der Waals surface area contributed by atoms with Gasteiger partial charge in [-0.05, 0) is 31.0 Å². The van der Waals surface area contributed by atoms with Gasteiger partial charge >= 0.3 is 0 Å². The first kappa shape index (κ1) is 15.0. The molecule has 106 valence electrons. The lowest BCUT2D eigenvalue weighted by molar-refractivity contribution is 0.841. The Morgan fingerprint density at radius 1 is 1.15 bits per heavy atom. The van der Waals surface area contributed by atoms with Crippen LogP contribution in [0.25, 0.3) is 0 Å². The van der Waals surface area contributed by atoms with Crippen LogP contribution in [0, 0.1) is 0 Å². The molecule has 0 saturated heterocycles. The van der Waals surface area contributed by atoms with E-state index in [0.717, 1.165) is 47.6 Å².